The van der Waals surface area contributed by atoms with E-state index in [2.05, 4.69) is 31.9 Å². The van der Waals surface area contributed by atoms with Gasteiger partial charge in [0.05, 0.1) is 10.6 Å². The molecule has 0 bridgehead atoms. The molecule has 0 saturated carbocycles. The molecular weight excluding hydrogens is 714 g/mol. The van der Waals surface area contributed by atoms with E-state index in [-0.39, 0.29) is 22.2 Å². The fourth-order valence-corrected chi connectivity index (χ4v) is 6.17. The van der Waals surface area contributed by atoms with Crippen LogP contribution in [0.3, 0.4) is 0 Å². The Hall–Kier alpha value is -5.16. The second-order valence-corrected chi connectivity index (χ2v) is 12.8. The van der Waals surface area contributed by atoms with Gasteiger partial charge in [-0.05, 0) is 83.9 Å². The summed E-state index contributed by atoms with van der Waals surface area (Å²) in [6.07, 6.45) is 1.59. The summed E-state index contributed by atoms with van der Waals surface area (Å²) in [5.74, 6) is -2.52. The molecular formula is C37H27BrClN3O5S. The van der Waals surface area contributed by atoms with E-state index in [1.807, 2.05) is 54.6 Å². The minimum Gasteiger partial charge on any atom is -0.478 e. The van der Waals surface area contributed by atoms with Crippen LogP contribution in [0.1, 0.15) is 37.1 Å². The molecule has 0 spiro atoms. The van der Waals surface area contributed by atoms with Gasteiger partial charge >= 0.3 is 5.97 Å². The Labute approximate surface area is 294 Å². The van der Waals surface area contributed by atoms with Gasteiger partial charge in [-0.15, -0.1) is 11.8 Å². The highest BCUT2D eigenvalue weighted by atomic mass is 79.9. The van der Waals surface area contributed by atoms with E-state index in [4.69, 9.17) is 11.6 Å². The first-order valence-corrected chi connectivity index (χ1v) is 16.5. The second kappa shape index (κ2) is 16.1. The number of hydrogen-bond donors (Lipinski definition) is 4. The Morgan fingerprint density at radius 3 is 2.08 bits per heavy atom. The molecule has 1 unspecified atom stereocenters. The number of rotatable bonds is 11. The number of thioether (sulfide) groups is 1. The summed E-state index contributed by atoms with van der Waals surface area (Å²) in [6, 6.07) is 36.3. The minimum atomic E-state index is -1.20. The van der Waals surface area contributed by atoms with E-state index in [0.717, 1.165) is 14.9 Å². The zero-order chi connectivity index (χ0) is 34.0. The summed E-state index contributed by atoms with van der Waals surface area (Å²) in [5, 5.41) is 17.2. The molecule has 5 rings (SSSR count). The molecule has 0 aliphatic rings. The number of carboxylic acid groups (broad SMARTS) is 1. The quantitative estimate of drug-likeness (QED) is 0.0794. The summed E-state index contributed by atoms with van der Waals surface area (Å²) >= 11 is 10.7. The fourth-order valence-electron chi connectivity index (χ4n) is 4.53. The van der Waals surface area contributed by atoms with Crippen LogP contribution in [0.4, 0.5) is 11.4 Å². The Kier molecular flexibility index (Phi) is 11.5. The molecule has 0 radical (unpaired) electrons. The van der Waals surface area contributed by atoms with E-state index < -0.39 is 23.0 Å². The van der Waals surface area contributed by atoms with Crippen LogP contribution in [0.15, 0.2) is 142 Å². The smallest absolute Gasteiger partial charge is 0.337 e. The summed E-state index contributed by atoms with van der Waals surface area (Å²) in [6.45, 7) is 0. The maximum atomic E-state index is 13.5. The van der Waals surface area contributed by atoms with Crippen molar-refractivity contribution >= 4 is 80.4 Å². The van der Waals surface area contributed by atoms with Gasteiger partial charge < -0.3 is 21.1 Å². The Balaban J connectivity index is 1.33. The number of aromatic carboxylic acids is 1. The zero-order valence-electron chi connectivity index (χ0n) is 25.0. The lowest BCUT2D eigenvalue weighted by Gasteiger charge is -2.18. The normalized spacial score (nSPS) is 11.7. The molecule has 1 atom stereocenters. The number of nitrogens with one attached hydrogen (secondary N) is 3. The number of hydrogen-bond acceptors (Lipinski definition) is 5. The van der Waals surface area contributed by atoms with Gasteiger partial charge in [-0.2, -0.15) is 0 Å². The number of amides is 3. The summed E-state index contributed by atoms with van der Waals surface area (Å²) in [7, 11) is 0. The van der Waals surface area contributed by atoms with E-state index >= 15 is 0 Å². The molecule has 8 nitrogen and oxygen atoms in total. The van der Waals surface area contributed by atoms with Crippen molar-refractivity contribution in [2.45, 2.75) is 10.1 Å². The van der Waals surface area contributed by atoms with E-state index in [9.17, 15) is 24.3 Å². The standard InChI is InChI=1S/C37H27BrClN3O5S/c38-26-13-7-8-23(20-26)21-32(42-34(43)25-11-5-2-6-12-25)35(44)40-27-14-17-29(18-15-27)48-33(24-9-3-1-4-10-24)36(45)41-28-16-19-31(39)30(22-28)37(46)47/h1-22,33H,(H,40,44)(H,41,45)(H,42,43)(H,46,47)/b32-21-. The van der Waals surface area contributed by atoms with Crippen LogP contribution >= 0.6 is 39.3 Å². The van der Waals surface area contributed by atoms with Crippen molar-refractivity contribution in [3.63, 3.8) is 0 Å². The summed E-state index contributed by atoms with van der Waals surface area (Å²) in [5.41, 5.74) is 2.55. The average Bonchev–Trinajstić information content (AvgIpc) is 3.09. The van der Waals surface area contributed by atoms with Crippen LogP contribution in [0.5, 0.6) is 0 Å². The second-order valence-electron chi connectivity index (χ2n) is 10.3. The maximum Gasteiger partial charge on any atom is 0.337 e. The molecule has 5 aromatic carbocycles. The SMILES string of the molecule is O=C(Nc1ccc(SC(C(=O)Nc2ccc(Cl)c(C(=O)O)c2)c2ccccc2)cc1)/C(=C/c1cccc(Br)c1)NC(=O)c1ccccc1. The predicted octanol–water partition coefficient (Wildman–Crippen LogP) is 8.68. The lowest BCUT2D eigenvalue weighted by molar-refractivity contribution is -0.116. The Morgan fingerprint density at radius 2 is 1.42 bits per heavy atom. The lowest BCUT2D eigenvalue weighted by Crippen LogP contribution is -2.30. The van der Waals surface area contributed by atoms with Gasteiger partial charge in [0.25, 0.3) is 11.8 Å². The summed E-state index contributed by atoms with van der Waals surface area (Å²) < 4.78 is 0.819. The summed E-state index contributed by atoms with van der Waals surface area (Å²) in [4.78, 5) is 52.2. The maximum absolute atomic E-state index is 13.5. The third kappa shape index (κ3) is 9.22. The highest BCUT2D eigenvalue weighted by Gasteiger charge is 2.23. The fraction of sp³-hybridized carbons (Fsp3) is 0.0270. The molecule has 240 valence electrons. The van der Waals surface area contributed by atoms with Crippen LogP contribution in [0.2, 0.25) is 5.02 Å². The highest BCUT2D eigenvalue weighted by Crippen LogP contribution is 2.37. The number of benzene rings is 5. The molecule has 5 aromatic rings. The van der Waals surface area contributed by atoms with Gasteiger partial charge in [0.1, 0.15) is 10.9 Å². The van der Waals surface area contributed by atoms with Gasteiger partial charge in [-0.1, -0.05) is 88.2 Å². The van der Waals surface area contributed by atoms with E-state index in [1.54, 1.807) is 66.7 Å². The van der Waals surface area contributed by atoms with Crippen molar-refractivity contribution in [2.24, 2.45) is 0 Å². The first-order valence-electron chi connectivity index (χ1n) is 14.5. The van der Waals surface area contributed by atoms with Gasteiger partial charge in [0.15, 0.2) is 0 Å². The first-order chi connectivity index (χ1) is 23.2. The Morgan fingerprint density at radius 1 is 0.750 bits per heavy atom. The number of carboxylic acids is 1. The molecule has 48 heavy (non-hydrogen) atoms. The van der Waals surface area contributed by atoms with Crippen LogP contribution in [-0.2, 0) is 9.59 Å². The highest BCUT2D eigenvalue weighted by molar-refractivity contribution is 9.10. The van der Waals surface area contributed by atoms with Crippen LogP contribution in [0, 0.1) is 0 Å². The first kappa shape index (κ1) is 34.2. The third-order valence-corrected chi connectivity index (χ3v) is 8.95. The molecule has 0 aliphatic carbocycles. The average molecular weight is 741 g/mol. The molecule has 0 fully saturated rings. The van der Waals surface area contributed by atoms with Crippen LogP contribution in [-0.4, -0.2) is 28.8 Å². The van der Waals surface area contributed by atoms with Crippen LogP contribution in [0.25, 0.3) is 6.08 Å². The van der Waals surface area contributed by atoms with Crippen LogP contribution < -0.4 is 16.0 Å². The zero-order valence-corrected chi connectivity index (χ0v) is 28.2. The van der Waals surface area contributed by atoms with Crippen molar-refractivity contribution in [1.29, 1.82) is 0 Å². The van der Waals surface area contributed by atoms with E-state index in [1.165, 1.54) is 23.9 Å². The number of anilines is 2. The lowest BCUT2D eigenvalue weighted by atomic mass is 10.1. The van der Waals surface area contributed by atoms with Gasteiger partial charge in [0.2, 0.25) is 5.91 Å². The molecule has 3 amide bonds. The van der Waals surface area contributed by atoms with E-state index in [0.29, 0.717) is 22.5 Å². The van der Waals surface area contributed by atoms with Crippen molar-refractivity contribution in [3.8, 4) is 0 Å². The van der Waals surface area contributed by atoms with Crippen molar-refractivity contribution < 1.29 is 24.3 Å². The predicted molar refractivity (Wildman–Crippen MR) is 193 cm³/mol. The largest absolute Gasteiger partial charge is 0.478 e. The number of carbonyl (C=O) groups is 4. The Bertz CT molecular complexity index is 1990. The molecule has 0 saturated heterocycles. The molecule has 0 aromatic heterocycles. The van der Waals surface area contributed by atoms with Gasteiger partial charge in [-0.25, -0.2) is 4.79 Å². The topological polar surface area (TPSA) is 125 Å². The van der Waals surface area contributed by atoms with Crippen molar-refractivity contribution in [1.82, 2.24) is 5.32 Å². The van der Waals surface area contributed by atoms with Gasteiger partial charge in [-0.3, -0.25) is 14.4 Å². The van der Waals surface area contributed by atoms with Gasteiger partial charge in [0, 0.05) is 26.3 Å². The molecule has 11 heteroatoms. The molecule has 4 N–H and O–H groups in total. The molecule has 0 aliphatic heterocycles. The van der Waals surface area contributed by atoms with Crippen molar-refractivity contribution in [2.75, 3.05) is 10.6 Å². The minimum absolute atomic E-state index is 0.0504. The third-order valence-electron chi connectivity index (χ3n) is 6.86. The van der Waals surface area contributed by atoms with Crippen molar-refractivity contribution in [3.05, 3.63) is 165 Å². The molecule has 0 heterocycles. The number of carbonyl (C=O) groups excluding carboxylic acids is 3. The monoisotopic (exact) mass is 739 g/mol. The number of halogens is 2.